The third kappa shape index (κ3) is 5.63. The highest BCUT2D eigenvalue weighted by molar-refractivity contribution is 4.77. The third-order valence-corrected chi connectivity index (χ3v) is 3.38. The molecule has 1 aliphatic rings. The molecule has 0 aromatic carbocycles. The Bertz CT molecular complexity index is 208. The molecule has 0 radical (unpaired) electrons. The van der Waals surface area contributed by atoms with Gasteiger partial charge in [-0.05, 0) is 20.3 Å². The van der Waals surface area contributed by atoms with Gasteiger partial charge in [0.15, 0.2) is 0 Å². The molecule has 2 atom stereocenters. The second-order valence-electron chi connectivity index (χ2n) is 5.15. The van der Waals surface area contributed by atoms with E-state index in [0.29, 0.717) is 19.1 Å². The van der Waals surface area contributed by atoms with Crippen molar-refractivity contribution in [3.63, 3.8) is 0 Å². The first kappa shape index (κ1) is 15.9. The molecule has 1 heterocycles. The Labute approximate surface area is 110 Å². The van der Waals surface area contributed by atoms with Crippen molar-refractivity contribution in [2.24, 2.45) is 0 Å². The van der Waals surface area contributed by atoms with Crippen LogP contribution >= 0.6 is 0 Å². The van der Waals surface area contributed by atoms with E-state index in [1.807, 2.05) is 0 Å². The van der Waals surface area contributed by atoms with E-state index in [-0.39, 0.29) is 18.8 Å². The first-order valence-electron chi connectivity index (χ1n) is 6.86. The number of methoxy groups -OCH3 is 1. The largest absolute Gasteiger partial charge is 0.396 e. The topological polar surface area (TPSA) is 54.0 Å². The highest BCUT2D eigenvalue weighted by Gasteiger charge is 2.22. The Kier molecular flexibility index (Phi) is 7.77. The quantitative estimate of drug-likeness (QED) is 0.647. The van der Waals surface area contributed by atoms with Crippen LogP contribution in [0.1, 0.15) is 20.3 Å². The molecule has 2 unspecified atom stereocenters. The van der Waals surface area contributed by atoms with E-state index < -0.39 is 0 Å². The lowest BCUT2D eigenvalue weighted by Gasteiger charge is -2.36. The van der Waals surface area contributed by atoms with Gasteiger partial charge in [-0.15, -0.1) is 0 Å². The second kappa shape index (κ2) is 8.82. The van der Waals surface area contributed by atoms with E-state index >= 15 is 0 Å². The molecule has 0 spiro atoms. The van der Waals surface area contributed by atoms with Gasteiger partial charge in [0.25, 0.3) is 0 Å². The van der Waals surface area contributed by atoms with Crippen LogP contribution in [-0.4, -0.2) is 74.8 Å². The Morgan fingerprint density at radius 2 is 2.28 bits per heavy atom. The number of aliphatic hydroxyl groups excluding tert-OH is 1. The first-order chi connectivity index (χ1) is 8.67. The molecule has 0 amide bonds. The maximum absolute atomic E-state index is 8.98. The van der Waals surface area contributed by atoms with Crippen LogP contribution in [0.3, 0.4) is 0 Å². The summed E-state index contributed by atoms with van der Waals surface area (Å²) in [6, 6.07) is 0.779. The van der Waals surface area contributed by atoms with Gasteiger partial charge < -0.3 is 19.9 Å². The average Bonchev–Trinajstić information content (AvgIpc) is 2.37. The lowest BCUT2D eigenvalue weighted by molar-refractivity contribution is -0.0392. The van der Waals surface area contributed by atoms with Crippen molar-refractivity contribution in [1.29, 1.82) is 0 Å². The third-order valence-electron chi connectivity index (χ3n) is 3.38. The van der Waals surface area contributed by atoms with E-state index in [9.17, 15) is 0 Å². The van der Waals surface area contributed by atoms with Crippen molar-refractivity contribution in [3.05, 3.63) is 0 Å². The molecule has 0 saturated carbocycles. The molecule has 1 aliphatic heterocycles. The monoisotopic (exact) mass is 260 g/mol. The SMILES string of the molecule is COCC(CCO)NCC1CN(C(C)C)CCO1. The van der Waals surface area contributed by atoms with Crippen molar-refractivity contribution in [3.8, 4) is 0 Å². The maximum Gasteiger partial charge on any atom is 0.0826 e. The fourth-order valence-corrected chi connectivity index (χ4v) is 2.23. The zero-order valence-electron chi connectivity index (χ0n) is 11.9. The molecule has 1 saturated heterocycles. The van der Waals surface area contributed by atoms with Crippen LogP contribution < -0.4 is 5.32 Å². The summed E-state index contributed by atoms with van der Waals surface area (Å²) >= 11 is 0. The normalized spacial score (nSPS) is 23.5. The van der Waals surface area contributed by atoms with Gasteiger partial charge in [-0.25, -0.2) is 0 Å². The molecule has 0 bridgehead atoms. The van der Waals surface area contributed by atoms with Gasteiger partial charge in [0, 0.05) is 45.4 Å². The molecule has 18 heavy (non-hydrogen) atoms. The molecule has 2 N–H and O–H groups in total. The lowest BCUT2D eigenvalue weighted by Crippen LogP contribution is -2.50. The van der Waals surface area contributed by atoms with Gasteiger partial charge >= 0.3 is 0 Å². The van der Waals surface area contributed by atoms with Crippen LogP contribution in [0.25, 0.3) is 0 Å². The fourth-order valence-electron chi connectivity index (χ4n) is 2.23. The standard InChI is InChI=1S/C13H28N2O3/c1-11(2)15-5-7-18-13(9-15)8-14-12(4-6-16)10-17-3/h11-14,16H,4-10H2,1-3H3. The molecular formula is C13H28N2O3. The van der Waals surface area contributed by atoms with Crippen LogP contribution in [0.15, 0.2) is 0 Å². The summed E-state index contributed by atoms with van der Waals surface area (Å²) in [5, 5.41) is 12.4. The van der Waals surface area contributed by atoms with Crippen molar-refractivity contribution in [2.45, 2.75) is 38.5 Å². The van der Waals surface area contributed by atoms with E-state index in [0.717, 1.165) is 26.2 Å². The van der Waals surface area contributed by atoms with Gasteiger partial charge in [0.05, 0.1) is 19.3 Å². The van der Waals surface area contributed by atoms with Crippen molar-refractivity contribution in [2.75, 3.05) is 46.6 Å². The van der Waals surface area contributed by atoms with E-state index in [4.69, 9.17) is 14.6 Å². The minimum Gasteiger partial charge on any atom is -0.396 e. The van der Waals surface area contributed by atoms with Gasteiger partial charge in [0.1, 0.15) is 0 Å². The number of aliphatic hydroxyl groups is 1. The molecule has 0 aromatic heterocycles. The summed E-state index contributed by atoms with van der Waals surface area (Å²) in [7, 11) is 1.68. The van der Waals surface area contributed by atoms with E-state index in [2.05, 4.69) is 24.1 Å². The maximum atomic E-state index is 8.98. The number of hydrogen-bond acceptors (Lipinski definition) is 5. The number of rotatable bonds is 8. The van der Waals surface area contributed by atoms with Crippen LogP contribution in [-0.2, 0) is 9.47 Å². The van der Waals surface area contributed by atoms with Crippen molar-refractivity contribution < 1.29 is 14.6 Å². The summed E-state index contributed by atoms with van der Waals surface area (Å²) in [6.45, 7) is 8.86. The van der Waals surface area contributed by atoms with Crippen molar-refractivity contribution in [1.82, 2.24) is 10.2 Å². The molecule has 0 aromatic rings. The van der Waals surface area contributed by atoms with Crippen LogP contribution in [0.2, 0.25) is 0 Å². The zero-order chi connectivity index (χ0) is 13.4. The number of ether oxygens (including phenoxy) is 2. The van der Waals surface area contributed by atoms with Gasteiger partial charge in [-0.3, -0.25) is 4.90 Å². The van der Waals surface area contributed by atoms with E-state index in [1.165, 1.54) is 0 Å². The van der Waals surface area contributed by atoms with Crippen LogP contribution in [0.5, 0.6) is 0 Å². The predicted molar refractivity (Wildman–Crippen MR) is 71.8 cm³/mol. The first-order valence-corrected chi connectivity index (χ1v) is 6.86. The van der Waals surface area contributed by atoms with Gasteiger partial charge in [-0.2, -0.15) is 0 Å². The summed E-state index contributed by atoms with van der Waals surface area (Å²) < 4.78 is 10.9. The number of hydrogen-bond donors (Lipinski definition) is 2. The summed E-state index contributed by atoms with van der Waals surface area (Å²) in [5.74, 6) is 0. The smallest absolute Gasteiger partial charge is 0.0826 e. The molecule has 108 valence electrons. The van der Waals surface area contributed by atoms with E-state index in [1.54, 1.807) is 7.11 Å². The highest BCUT2D eigenvalue weighted by atomic mass is 16.5. The predicted octanol–water partition coefficient (Wildman–Crippen LogP) is 0.0826. The fraction of sp³-hybridized carbons (Fsp3) is 1.00. The summed E-state index contributed by atoms with van der Waals surface area (Å²) in [6.07, 6.45) is 0.952. The number of nitrogens with zero attached hydrogens (tertiary/aromatic N) is 1. The van der Waals surface area contributed by atoms with Crippen LogP contribution in [0.4, 0.5) is 0 Å². The van der Waals surface area contributed by atoms with Crippen LogP contribution in [0, 0.1) is 0 Å². The Morgan fingerprint density at radius 3 is 2.89 bits per heavy atom. The minimum absolute atomic E-state index is 0.185. The van der Waals surface area contributed by atoms with Crippen molar-refractivity contribution >= 4 is 0 Å². The Hall–Kier alpha value is -0.200. The Balaban J connectivity index is 2.28. The molecule has 0 aliphatic carbocycles. The van der Waals surface area contributed by atoms with Gasteiger partial charge in [0.2, 0.25) is 0 Å². The lowest BCUT2D eigenvalue weighted by atomic mass is 10.2. The minimum atomic E-state index is 0.185. The molecule has 1 fully saturated rings. The molecule has 5 heteroatoms. The van der Waals surface area contributed by atoms with Gasteiger partial charge in [-0.1, -0.05) is 0 Å². The summed E-state index contributed by atoms with van der Waals surface area (Å²) in [4.78, 5) is 2.44. The average molecular weight is 260 g/mol. The number of nitrogens with one attached hydrogen (secondary N) is 1. The second-order valence-corrected chi connectivity index (χ2v) is 5.15. The molecule has 1 rings (SSSR count). The molecule has 5 nitrogen and oxygen atoms in total. The highest BCUT2D eigenvalue weighted by Crippen LogP contribution is 2.08. The number of morpholine rings is 1. The Morgan fingerprint density at radius 1 is 1.50 bits per heavy atom. The summed E-state index contributed by atoms with van der Waals surface area (Å²) in [5.41, 5.74) is 0. The zero-order valence-corrected chi connectivity index (χ0v) is 11.9. The molecular weight excluding hydrogens is 232 g/mol.